The molecule has 1 aromatic carbocycles. The predicted octanol–water partition coefficient (Wildman–Crippen LogP) is 5.14. The van der Waals surface area contributed by atoms with Crippen molar-refractivity contribution >= 4 is 44.1 Å². The second kappa shape index (κ2) is 6.57. The van der Waals surface area contributed by atoms with Gasteiger partial charge in [-0.25, -0.2) is 9.07 Å². The molecule has 23 heavy (non-hydrogen) atoms. The molecular weight excluding hydrogens is 385 g/mol. The molecule has 0 N–H and O–H groups in total. The topological polar surface area (TPSA) is 30.3 Å². The third kappa shape index (κ3) is 2.96. The number of fused-ring (bicyclic) bond motifs is 1. The quantitative estimate of drug-likeness (QED) is 0.664. The van der Waals surface area contributed by atoms with Crippen molar-refractivity contribution in [3.8, 4) is 0 Å². The van der Waals surface area contributed by atoms with Gasteiger partial charge in [0.1, 0.15) is 17.4 Å². The Bertz CT molecular complexity index is 728. The van der Waals surface area contributed by atoms with E-state index in [0.29, 0.717) is 15.7 Å². The summed E-state index contributed by atoms with van der Waals surface area (Å²) in [4.78, 5) is 1.86. The second-order valence-corrected chi connectivity index (χ2v) is 7.36. The van der Waals surface area contributed by atoms with Crippen molar-refractivity contribution in [3.05, 3.63) is 21.5 Å². The Morgan fingerprint density at radius 3 is 2.83 bits per heavy atom. The SMILES string of the molecule is CC(C)N(C)c1c(F)c(Cl)c(Br)c2cn(C3CCCCO3)nc12. The molecule has 0 amide bonds. The Morgan fingerprint density at radius 1 is 1.48 bits per heavy atom. The van der Waals surface area contributed by atoms with Gasteiger partial charge in [0.05, 0.1) is 9.50 Å². The number of nitrogens with zero attached hydrogens (tertiary/aromatic N) is 3. The Balaban J connectivity index is 2.19. The van der Waals surface area contributed by atoms with Gasteiger partial charge in [0.25, 0.3) is 0 Å². The zero-order valence-electron chi connectivity index (χ0n) is 13.4. The Kier molecular flexibility index (Phi) is 4.85. The van der Waals surface area contributed by atoms with Crippen LogP contribution >= 0.6 is 27.5 Å². The molecule has 0 bridgehead atoms. The summed E-state index contributed by atoms with van der Waals surface area (Å²) in [6.45, 7) is 4.74. The number of ether oxygens (including phenoxy) is 1. The van der Waals surface area contributed by atoms with Crippen LogP contribution in [0.15, 0.2) is 10.7 Å². The van der Waals surface area contributed by atoms with Gasteiger partial charge in [-0.05, 0) is 49.0 Å². The van der Waals surface area contributed by atoms with E-state index in [2.05, 4.69) is 21.0 Å². The number of hydrogen-bond donors (Lipinski definition) is 0. The van der Waals surface area contributed by atoms with Gasteiger partial charge in [-0.1, -0.05) is 11.6 Å². The molecule has 1 aromatic heterocycles. The van der Waals surface area contributed by atoms with E-state index in [9.17, 15) is 4.39 Å². The highest BCUT2D eigenvalue weighted by Gasteiger charge is 2.25. The molecule has 1 aliphatic heterocycles. The highest BCUT2D eigenvalue weighted by atomic mass is 79.9. The highest BCUT2D eigenvalue weighted by Crippen LogP contribution is 2.41. The lowest BCUT2D eigenvalue weighted by atomic mass is 10.2. The average Bonchev–Trinajstić information content (AvgIpc) is 2.98. The molecule has 1 unspecified atom stereocenters. The first-order chi connectivity index (χ1) is 10.9. The van der Waals surface area contributed by atoms with E-state index in [1.54, 1.807) is 4.68 Å². The van der Waals surface area contributed by atoms with Crippen LogP contribution in [0.3, 0.4) is 0 Å². The van der Waals surface area contributed by atoms with E-state index in [-0.39, 0.29) is 17.3 Å². The third-order valence-electron chi connectivity index (χ3n) is 4.36. The van der Waals surface area contributed by atoms with Crippen molar-refractivity contribution in [2.45, 2.75) is 45.4 Å². The number of hydrogen-bond acceptors (Lipinski definition) is 3. The van der Waals surface area contributed by atoms with Crippen LogP contribution in [0.1, 0.15) is 39.3 Å². The first-order valence-corrected chi connectivity index (χ1v) is 8.98. The van der Waals surface area contributed by atoms with E-state index in [4.69, 9.17) is 16.3 Å². The van der Waals surface area contributed by atoms with Crippen molar-refractivity contribution in [2.24, 2.45) is 0 Å². The highest BCUT2D eigenvalue weighted by molar-refractivity contribution is 9.10. The summed E-state index contributed by atoms with van der Waals surface area (Å²) in [7, 11) is 1.85. The molecule has 1 fully saturated rings. The summed E-state index contributed by atoms with van der Waals surface area (Å²) < 4.78 is 22.9. The molecule has 7 heteroatoms. The van der Waals surface area contributed by atoms with Crippen LogP contribution in [-0.4, -0.2) is 29.5 Å². The molecule has 1 saturated heterocycles. The molecule has 4 nitrogen and oxygen atoms in total. The first-order valence-electron chi connectivity index (χ1n) is 7.81. The zero-order chi connectivity index (χ0) is 16.7. The van der Waals surface area contributed by atoms with Crippen molar-refractivity contribution in [3.63, 3.8) is 0 Å². The molecule has 0 saturated carbocycles. The largest absolute Gasteiger partial charge is 0.368 e. The summed E-state index contributed by atoms with van der Waals surface area (Å²) in [6, 6.07) is 0.126. The molecule has 0 spiro atoms. The van der Waals surface area contributed by atoms with Gasteiger partial charge in [-0.15, -0.1) is 0 Å². The van der Waals surface area contributed by atoms with Crippen molar-refractivity contribution in [1.29, 1.82) is 0 Å². The second-order valence-electron chi connectivity index (χ2n) is 6.19. The molecule has 1 aliphatic rings. The summed E-state index contributed by atoms with van der Waals surface area (Å²) in [6.07, 6.45) is 4.89. The first kappa shape index (κ1) is 17.0. The van der Waals surface area contributed by atoms with Crippen LogP contribution in [0.25, 0.3) is 10.9 Å². The maximum absolute atomic E-state index is 14.8. The average molecular weight is 405 g/mol. The monoisotopic (exact) mass is 403 g/mol. The van der Waals surface area contributed by atoms with Crippen molar-refractivity contribution < 1.29 is 9.13 Å². The van der Waals surface area contributed by atoms with Crippen LogP contribution in [0, 0.1) is 5.82 Å². The maximum Gasteiger partial charge on any atom is 0.168 e. The molecule has 2 aromatic rings. The fourth-order valence-electron chi connectivity index (χ4n) is 2.81. The normalized spacial score (nSPS) is 18.8. The molecule has 2 heterocycles. The van der Waals surface area contributed by atoms with Gasteiger partial charge in [-0.2, -0.15) is 5.10 Å². The van der Waals surface area contributed by atoms with Gasteiger partial charge in [0, 0.05) is 31.3 Å². The van der Waals surface area contributed by atoms with Gasteiger partial charge >= 0.3 is 0 Å². The van der Waals surface area contributed by atoms with Crippen LogP contribution in [-0.2, 0) is 4.74 Å². The number of rotatable bonds is 3. The lowest BCUT2D eigenvalue weighted by Gasteiger charge is -2.25. The fourth-order valence-corrected chi connectivity index (χ4v) is 3.47. The van der Waals surface area contributed by atoms with E-state index in [1.807, 2.05) is 32.0 Å². The minimum absolute atomic E-state index is 0.0871. The molecule has 126 valence electrons. The summed E-state index contributed by atoms with van der Waals surface area (Å²) >= 11 is 9.59. The lowest BCUT2D eigenvalue weighted by Crippen LogP contribution is -2.27. The molecule has 0 aliphatic carbocycles. The Hall–Kier alpha value is -0.850. The number of aromatic nitrogens is 2. The van der Waals surface area contributed by atoms with E-state index in [1.165, 1.54) is 0 Å². The van der Waals surface area contributed by atoms with E-state index >= 15 is 0 Å². The number of benzene rings is 1. The van der Waals surface area contributed by atoms with Crippen LogP contribution in [0.5, 0.6) is 0 Å². The molecular formula is C16H20BrClFN3O. The van der Waals surface area contributed by atoms with Gasteiger partial charge < -0.3 is 9.64 Å². The summed E-state index contributed by atoms with van der Waals surface area (Å²) in [5.74, 6) is -0.447. The van der Waals surface area contributed by atoms with Gasteiger partial charge in [0.15, 0.2) is 5.82 Å². The molecule has 3 rings (SSSR count). The standard InChI is InChI=1S/C16H20BrClFN3O/c1-9(2)21(3)16-14(19)13(18)12(17)10-8-22(20-15(10)16)11-6-4-5-7-23-11/h8-9,11H,4-7H2,1-3H3. The molecule has 1 atom stereocenters. The van der Waals surface area contributed by atoms with Gasteiger partial charge in [-0.3, -0.25) is 0 Å². The smallest absolute Gasteiger partial charge is 0.168 e. The lowest BCUT2D eigenvalue weighted by molar-refractivity contribution is -0.0390. The van der Waals surface area contributed by atoms with Crippen LogP contribution < -0.4 is 4.90 Å². The Labute approximate surface area is 148 Å². The number of anilines is 1. The third-order valence-corrected chi connectivity index (χ3v) is 5.77. The number of halogens is 3. The van der Waals surface area contributed by atoms with Gasteiger partial charge in [0.2, 0.25) is 0 Å². The summed E-state index contributed by atoms with van der Waals surface area (Å²) in [5.41, 5.74) is 1.03. The minimum Gasteiger partial charge on any atom is -0.368 e. The van der Waals surface area contributed by atoms with Crippen molar-refractivity contribution in [2.75, 3.05) is 18.6 Å². The predicted molar refractivity (Wildman–Crippen MR) is 94.8 cm³/mol. The maximum atomic E-state index is 14.8. The summed E-state index contributed by atoms with van der Waals surface area (Å²) in [5, 5.41) is 5.51. The van der Waals surface area contributed by atoms with E-state index < -0.39 is 5.82 Å². The fraction of sp³-hybridized carbons (Fsp3) is 0.562. The Morgan fingerprint density at radius 2 is 2.22 bits per heavy atom. The van der Waals surface area contributed by atoms with Crippen LogP contribution in [0.4, 0.5) is 10.1 Å². The van der Waals surface area contributed by atoms with E-state index in [0.717, 1.165) is 31.3 Å². The molecule has 0 radical (unpaired) electrons. The van der Waals surface area contributed by atoms with Crippen LogP contribution in [0.2, 0.25) is 5.02 Å². The van der Waals surface area contributed by atoms with Crippen molar-refractivity contribution in [1.82, 2.24) is 9.78 Å². The minimum atomic E-state index is -0.447. The zero-order valence-corrected chi connectivity index (χ0v) is 15.8.